The summed E-state index contributed by atoms with van der Waals surface area (Å²) in [6.45, 7) is 1.29. The van der Waals surface area contributed by atoms with Gasteiger partial charge < -0.3 is 15.5 Å². The molecule has 0 aliphatic heterocycles. The van der Waals surface area contributed by atoms with Crippen molar-refractivity contribution in [3.8, 4) is 0 Å². The van der Waals surface area contributed by atoms with Gasteiger partial charge in [0.2, 0.25) is 0 Å². The number of nitrogens with one attached hydrogen (secondary N) is 2. The number of aromatic nitrogens is 1. The molecule has 0 bridgehead atoms. The lowest BCUT2D eigenvalue weighted by atomic mass is 10.2. The van der Waals surface area contributed by atoms with Gasteiger partial charge in [-0.1, -0.05) is 0 Å². The zero-order valence-electron chi connectivity index (χ0n) is 10.2. The van der Waals surface area contributed by atoms with Crippen LogP contribution in [0.3, 0.4) is 0 Å². The Morgan fingerprint density at radius 1 is 1.56 bits per heavy atom. The number of halogens is 1. The van der Waals surface area contributed by atoms with Gasteiger partial charge in [0.15, 0.2) is 5.82 Å². The molecule has 1 rings (SSSR count). The number of unbranched alkanes of at least 4 members (excludes halogenated alkanes) is 1. The Morgan fingerprint density at radius 3 is 3.00 bits per heavy atom. The number of pyridine rings is 1. The third-order valence-corrected chi connectivity index (χ3v) is 2.73. The quantitative estimate of drug-likeness (QED) is 0.400. The second-order valence-electron chi connectivity index (χ2n) is 3.65. The second kappa shape index (κ2) is 8.02. The zero-order valence-corrected chi connectivity index (χ0v) is 11.8. The molecule has 0 radical (unpaired) electrons. The van der Waals surface area contributed by atoms with Crippen LogP contribution < -0.4 is 16.6 Å². The summed E-state index contributed by atoms with van der Waals surface area (Å²) >= 11 is 3.27. The maximum Gasteiger partial charge on any atom is 0.255 e. The van der Waals surface area contributed by atoms with E-state index < -0.39 is 0 Å². The number of anilines is 1. The van der Waals surface area contributed by atoms with Crippen LogP contribution in [0.1, 0.15) is 23.2 Å². The van der Waals surface area contributed by atoms with Gasteiger partial charge in [-0.15, -0.1) is 0 Å². The summed E-state index contributed by atoms with van der Waals surface area (Å²) in [5.74, 6) is 5.46. The highest BCUT2D eigenvalue weighted by Crippen LogP contribution is 2.17. The molecule has 7 heteroatoms. The van der Waals surface area contributed by atoms with Crippen molar-refractivity contribution in [3.63, 3.8) is 0 Å². The average Bonchev–Trinajstić information content (AvgIpc) is 2.38. The largest absolute Gasteiger partial charge is 0.385 e. The molecule has 18 heavy (non-hydrogen) atoms. The molecular formula is C11H17BrN4O2. The van der Waals surface area contributed by atoms with E-state index in [-0.39, 0.29) is 5.91 Å². The number of amides is 1. The number of hydrazine groups is 1. The molecule has 0 fully saturated rings. The molecule has 0 aromatic carbocycles. The number of hydrogen-bond donors (Lipinski definition) is 3. The van der Waals surface area contributed by atoms with Gasteiger partial charge in [-0.2, -0.15) is 0 Å². The lowest BCUT2D eigenvalue weighted by Gasteiger charge is -2.09. The van der Waals surface area contributed by atoms with Crippen LogP contribution in [0.25, 0.3) is 0 Å². The van der Waals surface area contributed by atoms with Crippen LogP contribution in [-0.4, -0.2) is 31.2 Å². The van der Waals surface area contributed by atoms with Crippen molar-refractivity contribution in [2.75, 3.05) is 25.7 Å². The summed E-state index contributed by atoms with van der Waals surface area (Å²) < 4.78 is 5.66. The van der Waals surface area contributed by atoms with Crippen LogP contribution in [0.2, 0.25) is 0 Å². The molecule has 1 aromatic heterocycles. The van der Waals surface area contributed by atoms with E-state index in [9.17, 15) is 4.79 Å². The maximum absolute atomic E-state index is 11.9. The monoisotopic (exact) mass is 316 g/mol. The van der Waals surface area contributed by atoms with Crippen molar-refractivity contribution < 1.29 is 9.53 Å². The molecule has 6 nitrogen and oxygen atoms in total. The van der Waals surface area contributed by atoms with Crippen molar-refractivity contribution >= 4 is 27.7 Å². The number of ether oxygens (including phenoxy) is 1. The van der Waals surface area contributed by atoms with E-state index in [0.29, 0.717) is 24.5 Å². The van der Waals surface area contributed by atoms with Gasteiger partial charge in [-0.3, -0.25) is 4.79 Å². The summed E-state index contributed by atoms with van der Waals surface area (Å²) in [5, 5.41) is 2.81. The molecule has 0 spiro atoms. The Labute approximate surface area is 114 Å². The van der Waals surface area contributed by atoms with E-state index in [1.54, 1.807) is 19.4 Å². The number of rotatable bonds is 7. The summed E-state index contributed by atoms with van der Waals surface area (Å²) in [6, 6.07) is 1.67. The summed E-state index contributed by atoms with van der Waals surface area (Å²) in [5.41, 5.74) is 2.82. The SMILES string of the molecule is COCCCCNC(=O)c1cc(Br)cnc1NN. The van der Waals surface area contributed by atoms with Crippen molar-refractivity contribution in [3.05, 3.63) is 22.3 Å². The first-order chi connectivity index (χ1) is 8.69. The van der Waals surface area contributed by atoms with Gasteiger partial charge >= 0.3 is 0 Å². The van der Waals surface area contributed by atoms with Crippen LogP contribution in [0.5, 0.6) is 0 Å². The number of carbonyl (C=O) groups excluding carboxylic acids is 1. The highest BCUT2D eigenvalue weighted by molar-refractivity contribution is 9.10. The minimum Gasteiger partial charge on any atom is -0.385 e. The minimum absolute atomic E-state index is 0.200. The van der Waals surface area contributed by atoms with Crippen molar-refractivity contribution in [2.45, 2.75) is 12.8 Å². The fourth-order valence-electron chi connectivity index (χ4n) is 1.40. The number of hydrogen-bond acceptors (Lipinski definition) is 5. The van der Waals surface area contributed by atoms with E-state index in [0.717, 1.165) is 17.3 Å². The first-order valence-electron chi connectivity index (χ1n) is 5.58. The summed E-state index contributed by atoms with van der Waals surface area (Å²) in [6.07, 6.45) is 3.35. The summed E-state index contributed by atoms with van der Waals surface area (Å²) in [7, 11) is 1.66. The number of nitrogen functional groups attached to an aromatic ring is 1. The Hall–Kier alpha value is -1.18. The van der Waals surface area contributed by atoms with Crippen molar-refractivity contribution in [1.82, 2.24) is 10.3 Å². The van der Waals surface area contributed by atoms with Crippen LogP contribution >= 0.6 is 15.9 Å². The molecule has 4 N–H and O–H groups in total. The number of nitrogens with zero attached hydrogens (tertiary/aromatic N) is 1. The smallest absolute Gasteiger partial charge is 0.255 e. The van der Waals surface area contributed by atoms with Gasteiger partial charge in [0, 0.05) is 30.9 Å². The molecule has 0 saturated heterocycles. The molecule has 0 aliphatic rings. The number of methoxy groups -OCH3 is 1. The van der Waals surface area contributed by atoms with E-state index in [2.05, 4.69) is 31.7 Å². The van der Waals surface area contributed by atoms with E-state index in [4.69, 9.17) is 10.6 Å². The summed E-state index contributed by atoms with van der Waals surface area (Å²) in [4.78, 5) is 15.9. The van der Waals surface area contributed by atoms with E-state index in [1.165, 1.54) is 0 Å². The van der Waals surface area contributed by atoms with Gasteiger partial charge in [0.1, 0.15) is 0 Å². The van der Waals surface area contributed by atoms with Crippen LogP contribution in [0.4, 0.5) is 5.82 Å². The second-order valence-corrected chi connectivity index (χ2v) is 4.57. The van der Waals surface area contributed by atoms with Crippen LogP contribution in [0, 0.1) is 0 Å². The third kappa shape index (κ3) is 4.59. The molecule has 0 atom stereocenters. The fourth-order valence-corrected chi connectivity index (χ4v) is 1.73. The Morgan fingerprint density at radius 2 is 2.33 bits per heavy atom. The van der Waals surface area contributed by atoms with Crippen LogP contribution in [-0.2, 0) is 4.74 Å². The predicted molar refractivity (Wildman–Crippen MR) is 73.2 cm³/mol. The molecular weight excluding hydrogens is 300 g/mol. The Bertz CT molecular complexity index is 401. The normalized spacial score (nSPS) is 10.2. The standard InChI is InChI=1S/C11H17BrN4O2/c1-18-5-3-2-4-14-11(17)9-6-8(12)7-15-10(9)16-13/h6-7H,2-5,13H2,1H3,(H,14,17)(H,15,16). The first-order valence-corrected chi connectivity index (χ1v) is 6.37. The third-order valence-electron chi connectivity index (χ3n) is 2.30. The molecule has 0 unspecified atom stereocenters. The van der Waals surface area contributed by atoms with Crippen molar-refractivity contribution in [1.29, 1.82) is 0 Å². The Kier molecular flexibility index (Phi) is 6.63. The zero-order chi connectivity index (χ0) is 13.4. The molecule has 1 heterocycles. The lowest BCUT2D eigenvalue weighted by Crippen LogP contribution is -2.26. The maximum atomic E-state index is 11.9. The Balaban J connectivity index is 2.52. The number of nitrogens with two attached hydrogens (primary N) is 1. The molecule has 0 saturated carbocycles. The van der Waals surface area contributed by atoms with Gasteiger partial charge in [-0.05, 0) is 34.8 Å². The van der Waals surface area contributed by atoms with E-state index >= 15 is 0 Å². The van der Waals surface area contributed by atoms with Gasteiger partial charge in [-0.25, -0.2) is 10.8 Å². The average molecular weight is 317 g/mol. The first kappa shape index (κ1) is 14.9. The number of carbonyl (C=O) groups is 1. The van der Waals surface area contributed by atoms with Crippen molar-refractivity contribution in [2.24, 2.45) is 5.84 Å². The minimum atomic E-state index is -0.200. The lowest BCUT2D eigenvalue weighted by molar-refractivity contribution is 0.0952. The van der Waals surface area contributed by atoms with E-state index in [1.807, 2.05) is 0 Å². The predicted octanol–water partition coefficient (Wildman–Crippen LogP) is 1.29. The van der Waals surface area contributed by atoms with Gasteiger partial charge in [0.05, 0.1) is 5.56 Å². The molecule has 0 aliphatic carbocycles. The topological polar surface area (TPSA) is 89.3 Å². The molecule has 100 valence electrons. The highest BCUT2D eigenvalue weighted by atomic mass is 79.9. The molecule has 1 aromatic rings. The van der Waals surface area contributed by atoms with Crippen LogP contribution in [0.15, 0.2) is 16.7 Å². The fraction of sp³-hybridized carbons (Fsp3) is 0.455. The molecule has 1 amide bonds. The van der Waals surface area contributed by atoms with Gasteiger partial charge in [0.25, 0.3) is 5.91 Å². The highest BCUT2D eigenvalue weighted by Gasteiger charge is 2.12.